The number of hydrogen-bond donors (Lipinski definition) is 1. The second-order valence-electron chi connectivity index (χ2n) is 6.17. The van der Waals surface area contributed by atoms with Gasteiger partial charge in [-0.2, -0.15) is 4.98 Å². The maximum atomic E-state index is 11.8. The molecule has 1 aliphatic rings. The zero-order valence-corrected chi connectivity index (χ0v) is 15.5. The molecular formula is C19H23N5O3. The standard InChI is InChI=1S/C19H23N5O3/c1-3-27-19(26)24-12-10-23(11-13-24)18-20-9-8-17(22-18)21-16-6-4-15(5-7-16)14(2)25/h4-9H,3,10-13H2,1-2H3,(H,20,21,22). The van der Waals surface area contributed by atoms with Crippen LogP contribution in [0.5, 0.6) is 0 Å². The molecule has 1 aromatic heterocycles. The molecule has 1 aromatic carbocycles. The van der Waals surface area contributed by atoms with Crippen LogP contribution in [0.1, 0.15) is 24.2 Å². The number of aromatic nitrogens is 2. The molecule has 2 heterocycles. The maximum Gasteiger partial charge on any atom is 0.409 e. The van der Waals surface area contributed by atoms with E-state index in [1.54, 1.807) is 43.1 Å². The van der Waals surface area contributed by atoms with Crippen LogP contribution < -0.4 is 10.2 Å². The largest absolute Gasteiger partial charge is 0.450 e. The highest BCUT2D eigenvalue weighted by molar-refractivity contribution is 5.94. The van der Waals surface area contributed by atoms with Crippen LogP contribution in [0.2, 0.25) is 0 Å². The highest BCUT2D eigenvalue weighted by Crippen LogP contribution is 2.18. The fraction of sp³-hybridized carbons (Fsp3) is 0.368. The lowest BCUT2D eigenvalue weighted by Crippen LogP contribution is -2.49. The van der Waals surface area contributed by atoms with Crippen molar-refractivity contribution in [1.82, 2.24) is 14.9 Å². The van der Waals surface area contributed by atoms with Crippen LogP contribution in [-0.2, 0) is 4.74 Å². The number of ketones is 1. The lowest BCUT2D eigenvalue weighted by Gasteiger charge is -2.34. The normalized spacial score (nSPS) is 14.0. The second-order valence-corrected chi connectivity index (χ2v) is 6.17. The molecule has 1 N–H and O–H groups in total. The first-order valence-electron chi connectivity index (χ1n) is 8.94. The van der Waals surface area contributed by atoms with E-state index < -0.39 is 0 Å². The lowest BCUT2D eigenvalue weighted by atomic mass is 10.1. The summed E-state index contributed by atoms with van der Waals surface area (Å²) in [5.41, 5.74) is 1.51. The summed E-state index contributed by atoms with van der Waals surface area (Å²) in [6.07, 6.45) is 1.43. The van der Waals surface area contributed by atoms with Gasteiger partial charge in [0, 0.05) is 43.6 Å². The Bertz CT molecular complexity index is 801. The number of hydrogen-bond acceptors (Lipinski definition) is 7. The van der Waals surface area contributed by atoms with Crippen molar-refractivity contribution in [2.45, 2.75) is 13.8 Å². The van der Waals surface area contributed by atoms with Crippen molar-refractivity contribution in [3.63, 3.8) is 0 Å². The molecule has 1 amide bonds. The van der Waals surface area contributed by atoms with E-state index in [0.717, 1.165) is 5.69 Å². The summed E-state index contributed by atoms with van der Waals surface area (Å²) in [6, 6.07) is 9.03. The molecule has 1 saturated heterocycles. The van der Waals surface area contributed by atoms with Gasteiger partial charge in [-0.1, -0.05) is 0 Å². The van der Waals surface area contributed by atoms with Gasteiger partial charge in [0.2, 0.25) is 5.95 Å². The third-order valence-electron chi connectivity index (χ3n) is 4.30. The molecule has 1 fully saturated rings. The summed E-state index contributed by atoms with van der Waals surface area (Å²) in [5.74, 6) is 1.32. The van der Waals surface area contributed by atoms with Crippen molar-refractivity contribution in [3.05, 3.63) is 42.1 Å². The highest BCUT2D eigenvalue weighted by atomic mass is 16.6. The number of nitrogens with zero attached hydrogens (tertiary/aromatic N) is 4. The van der Waals surface area contributed by atoms with Crippen molar-refractivity contribution in [3.8, 4) is 0 Å². The topological polar surface area (TPSA) is 87.7 Å². The molecule has 0 bridgehead atoms. The Morgan fingerprint density at radius 3 is 2.44 bits per heavy atom. The molecule has 0 atom stereocenters. The van der Waals surface area contributed by atoms with Crippen molar-refractivity contribution in [2.24, 2.45) is 0 Å². The number of carbonyl (C=O) groups is 2. The van der Waals surface area contributed by atoms with E-state index in [0.29, 0.717) is 50.1 Å². The average molecular weight is 369 g/mol. The zero-order chi connectivity index (χ0) is 19.2. The molecule has 0 radical (unpaired) electrons. The molecule has 8 heteroatoms. The average Bonchev–Trinajstić information content (AvgIpc) is 2.69. The van der Waals surface area contributed by atoms with Crippen LogP contribution in [-0.4, -0.2) is 59.5 Å². The van der Waals surface area contributed by atoms with Gasteiger partial charge in [-0.05, 0) is 44.2 Å². The first-order chi connectivity index (χ1) is 13.1. The molecule has 27 heavy (non-hydrogen) atoms. The smallest absolute Gasteiger partial charge is 0.409 e. The minimum absolute atomic E-state index is 0.0350. The van der Waals surface area contributed by atoms with Gasteiger partial charge in [0.05, 0.1) is 6.61 Å². The van der Waals surface area contributed by atoms with E-state index in [-0.39, 0.29) is 11.9 Å². The fourth-order valence-corrected chi connectivity index (χ4v) is 2.81. The van der Waals surface area contributed by atoms with Gasteiger partial charge in [0.25, 0.3) is 0 Å². The van der Waals surface area contributed by atoms with Crippen molar-refractivity contribution in [2.75, 3.05) is 43.0 Å². The summed E-state index contributed by atoms with van der Waals surface area (Å²) in [7, 11) is 0. The SMILES string of the molecule is CCOC(=O)N1CCN(c2nccc(Nc3ccc(C(C)=O)cc3)n2)CC1. The van der Waals surface area contributed by atoms with Crippen molar-refractivity contribution in [1.29, 1.82) is 0 Å². The quantitative estimate of drug-likeness (QED) is 0.811. The van der Waals surface area contributed by atoms with Gasteiger partial charge < -0.3 is 19.9 Å². The third-order valence-corrected chi connectivity index (χ3v) is 4.30. The van der Waals surface area contributed by atoms with Crippen molar-refractivity contribution >= 4 is 29.3 Å². The number of piperazine rings is 1. The van der Waals surface area contributed by atoms with Crippen LogP contribution in [0.15, 0.2) is 36.5 Å². The maximum absolute atomic E-state index is 11.8. The number of amides is 1. The number of ether oxygens (including phenoxy) is 1. The van der Waals surface area contributed by atoms with E-state index in [4.69, 9.17) is 4.74 Å². The van der Waals surface area contributed by atoms with Crippen LogP contribution in [0, 0.1) is 0 Å². The third kappa shape index (κ3) is 4.72. The van der Waals surface area contributed by atoms with Crippen molar-refractivity contribution < 1.29 is 14.3 Å². The molecule has 3 rings (SSSR count). The Morgan fingerprint density at radius 2 is 1.81 bits per heavy atom. The van der Waals surface area contributed by atoms with Crippen LogP contribution in [0.3, 0.4) is 0 Å². The molecule has 0 aliphatic carbocycles. The Balaban J connectivity index is 1.62. The molecule has 8 nitrogen and oxygen atoms in total. The summed E-state index contributed by atoms with van der Waals surface area (Å²) in [5, 5.41) is 3.22. The first kappa shape index (κ1) is 18.6. The molecular weight excluding hydrogens is 346 g/mol. The van der Waals surface area contributed by atoms with Gasteiger partial charge in [-0.15, -0.1) is 0 Å². The van der Waals surface area contributed by atoms with E-state index in [1.165, 1.54) is 0 Å². The predicted molar refractivity (Wildman–Crippen MR) is 103 cm³/mol. The Kier molecular flexibility index (Phi) is 5.85. The fourth-order valence-electron chi connectivity index (χ4n) is 2.81. The summed E-state index contributed by atoms with van der Waals surface area (Å²) in [4.78, 5) is 35.8. The highest BCUT2D eigenvalue weighted by Gasteiger charge is 2.23. The Hall–Kier alpha value is -3.16. The molecule has 2 aromatic rings. The molecule has 0 spiro atoms. The van der Waals surface area contributed by atoms with E-state index in [2.05, 4.69) is 15.3 Å². The van der Waals surface area contributed by atoms with Gasteiger partial charge in [-0.25, -0.2) is 9.78 Å². The number of Topliss-reactive ketones (excluding diaryl/α,β-unsaturated/α-hetero) is 1. The molecule has 1 aliphatic heterocycles. The lowest BCUT2D eigenvalue weighted by molar-refractivity contribution is 0.101. The number of anilines is 3. The Morgan fingerprint density at radius 1 is 1.11 bits per heavy atom. The number of nitrogens with one attached hydrogen (secondary N) is 1. The molecule has 0 unspecified atom stereocenters. The van der Waals surface area contributed by atoms with Crippen LogP contribution in [0.25, 0.3) is 0 Å². The number of benzene rings is 1. The summed E-state index contributed by atoms with van der Waals surface area (Å²) >= 11 is 0. The van der Waals surface area contributed by atoms with E-state index >= 15 is 0 Å². The predicted octanol–water partition coefficient (Wildman–Crippen LogP) is 2.70. The van der Waals surface area contributed by atoms with E-state index in [1.807, 2.05) is 17.0 Å². The molecule has 142 valence electrons. The van der Waals surface area contributed by atoms with Crippen LogP contribution >= 0.6 is 0 Å². The minimum atomic E-state index is -0.275. The Labute approximate surface area is 158 Å². The molecule has 0 saturated carbocycles. The zero-order valence-electron chi connectivity index (χ0n) is 15.5. The van der Waals surface area contributed by atoms with Gasteiger partial charge in [0.15, 0.2) is 5.78 Å². The summed E-state index contributed by atoms with van der Waals surface area (Å²) < 4.78 is 5.04. The van der Waals surface area contributed by atoms with Crippen LogP contribution in [0.4, 0.5) is 22.2 Å². The number of rotatable bonds is 5. The van der Waals surface area contributed by atoms with Gasteiger partial charge in [-0.3, -0.25) is 4.79 Å². The monoisotopic (exact) mass is 369 g/mol. The first-order valence-corrected chi connectivity index (χ1v) is 8.94. The summed E-state index contributed by atoms with van der Waals surface area (Å²) in [6.45, 7) is 6.17. The minimum Gasteiger partial charge on any atom is -0.450 e. The van der Waals surface area contributed by atoms with E-state index in [9.17, 15) is 9.59 Å². The van der Waals surface area contributed by atoms with Gasteiger partial charge in [0.1, 0.15) is 5.82 Å². The second kappa shape index (κ2) is 8.48. The number of carbonyl (C=O) groups excluding carboxylic acids is 2. The van der Waals surface area contributed by atoms with Gasteiger partial charge >= 0.3 is 6.09 Å².